The zero-order chi connectivity index (χ0) is 25.1. The number of fused-ring (bicyclic) bond motifs is 1. The van der Waals surface area contributed by atoms with E-state index in [0.717, 1.165) is 85.9 Å². The second kappa shape index (κ2) is 11.4. The Labute approximate surface area is 221 Å². The number of aromatic nitrogens is 4. The highest BCUT2D eigenvalue weighted by molar-refractivity contribution is 7.99. The first kappa shape index (κ1) is 25.3. The fourth-order valence-electron chi connectivity index (χ4n) is 5.40. The Kier molecular flexibility index (Phi) is 7.98. The minimum atomic E-state index is 0.128. The molecule has 2 saturated heterocycles. The number of anilines is 1. The molecule has 1 N–H and O–H groups in total. The first-order valence-electron chi connectivity index (χ1n) is 12.9. The summed E-state index contributed by atoms with van der Waals surface area (Å²) < 4.78 is 2.38. The number of hydrogen-bond donors (Lipinski definition) is 1. The topological polar surface area (TPSA) is 79.2 Å². The van der Waals surface area contributed by atoms with Gasteiger partial charge < -0.3 is 14.8 Å². The second-order valence-electron chi connectivity index (χ2n) is 9.60. The third kappa shape index (κ3) is 5.48. The molecule has 2 aliphatic heterocycles. The maximum absolute atomic E-state index is 13.3. The van der Waals surface area contributed by atoms with Crippen LogP contribution in [-0.4, -0.2) is 74.2 Å². The van der Waals surface area contributed by atoms with Crippen molar-refractivity contribution in [1.29, 1.82) is 0 Å². The van der Waals surface area contributed by atoms with Gasteiger partial charge in [-0.2, -0.15) is 0 Å². The summed E-state index contributed by atoms with van der Waals surface area (Å²) >= 11 is 7.99. The van der Waals surface area contributed by atoms with Crippen LogP contribution in [0.5, 0.6) is 0 Å². The van der Waals surface area contributed by atoms with Crippen LogP contribution in [0.4, 0.5) is 5.95 Å². The van der Waals surface area contributed by atoms with E-state index in [1.807, 2.05) is 31.6 Å². The van der Waals surface area contributed by atoms with Crippen LogP contribution in [0.25, 0.3) is 11.0 Å². The Morgan fingerprint density at radius 1 is 1.11 bits per heavy atom. The summed E-state index contributed by atoms with van der Waals surface area (Å²) in [7, 11) is 1.82. The Hall–Kier alpha value is -2.36. The maximum atomic E-state index is 13.3. The summed E-state index contributed by atoms with van der Waals surface area (Å²) in [6.45, 7) is 6.47. The fraction of sp³-hybridized carbons (Fsp3) is 0.538. The van der Waals surface area contributed by atoms with Gasteiger partial charge in [0.1, 0.15) is 0 Å². The number of piperidine rings is 2. The van der Waals surface area contributed by atoms with E-state index in [4.69, 9.17) is 16.6 Å². The minimum Gasteiger partial charge on any atom is -0.357 e. The first-order valence-corrected chi connectivity index (χ1v) is 14.2. The molecule has 2 fully saturated rings. The third-order valence-electron chi connectivity index (χ3n) is 7.31. The second-order valence-corrected chi connectivity index (χ2v) is 11.3. The summed E-state index contributed by atoms with van der Waals surface area (Å²) in [5, 5.41) is 4.72. The number of thioether (sulfide) groups is 1. The molecular formula is C26H34ClN7OS. The number of nitrogens with one attached hydrogen (secondary N) is 1. The first-order chi connectivity index (χ1) is 17.6. The normalized spacial score (nSPS) is 18.1. The number of hydrogen-bond acceptors (Lipinski definition) is 7. The molecular weight excluding hydrogens is 494 g/mol. The molecule has 1 amide bonds. The van der Waals surface area contributed by atoms with Gasteiger partial charge in [0.2, 0.25) is 11.9 Å². The third-order valence-corrected chi connectivity index (χ3v) is 8.38. The van der Waals surface area contributed by atoms with Crippen molar-refractivity contribution >= 4 is 46.3 Å². The average Bonchev–Trinajstić information content (AvgIpc) is 3.26. The molecule has 36 heavy (non-hydrogen) atoms. The largest absolute Gasteiger partial charge is 0.357 e. The van der Waals surface area contributed by atoms with Crippen LogP contribution >= 0.6 is 23.4 Å². The molecule has 2 aliphatic rings. The van der Waals surface area contributed by atoms with Crippen LogP contribution in [0.1, 0.15) is 44.2 Å². The predicted octanol–water partition coefficient (Wildman–Crippen LogP) is 4.71. The van der Waals surface area contributed by atoms with Crippen LogP contribution in [-0.2, 0) is 11.3 Å². The number of carbonyl (C=O) groups is 1. The van der Waals surface area contributed by atoms with Gasteiger partial charge in [0, 0.05) is 61.6 Å². The molecule has 1 aromatic carbocycles. The number of benzene rings is 1. The van der Waals surface area contributed by atoms with E-state index >= 15 is 0 Å². The van der Waals surface area contributed by atoms with E-state index in [0.29, 0.717) is 22.9 Å². The molecule has 0 bridgehead atoms. The van der Waals surface area contributed by atoms with Crippen LogP contribution in [0.3, 0.4) is 0 Å². The molecule has 8 nitrogen and oxygen atoms in total. The molecule has 5 rings (SSSR count). The van der Waals surface area contributed by atoms with Gasteiger partial charge in [-0.3, -0.25) is 9.69 Å². The highest BCUT2D eigenvalue weighted by Gasteiger charge is 2.32. The van der Waals surface area contributed by atoms with Crippen molar-refractivity contribution < 1.29 is 4.79 Å². The van der Waals surface area contributed by atoms with Gasteiger partial charge in [-0.05, 0) is 62.7 Å². The van der Waals surface area contributed by atoms with Crippen LogP contribution < -0.4 is 5.32 Å². The van der Waals surface area contributed by atoms with Crippen LogP contribution in [0, 0.1) is 5.92 Å². The van der Waals surface area contributed by atoms with Crippen molar-refractivity contribution in [2.24, 2.45) is 5.92 Å². The zero-order valence-corrected chi connectivity index (χ0v) is 22.6. The minimum absolute atomic E-state index is 0.128. The van der Waals surface area contributed by atoms with E-state index in [-0.39, 0.29) is 5.92 Å². The van der Waals surface area contributed by atoms with Gasteiger partial charge in [-0.25, -0.2) is 15.0 Å². The van der Waals surface area contributed by atoms with Crippen molar-refractivity contribution in [3.8, 4) is 0 Å². The van der Waals surface area contributed by atoms with Gasteiger partial charge in [-0.15, -0.1) is 0 Å². The van der Waals surface area contributed by atoms with E-state index in [1.54, 1.807) is 11.8 Å². The summed E-state index contributed by atoms with van der Waals surface area (Å²) in [5.74, 6) is 2.07. The van der Waals surface area contributed by atoms with E-state index < -0.39 is 0 Å². The van der Waals surface area contributed by atoms with Crippen molar-refractivity contribution in [3.63, 3.8) is 0 Å². The molecule has 0 saturated carbocycles. The standard InChI is InChI=1S/C26H34ClN7OS/c1-3-36-26-31-22-14-20(27)4-5-23(22)34(26)21-8-12-33(13-9-21)24(35)19-6-10-32(11-7-19)17-18-15-29-25(28-2)30-16-18/h4-5,14-16,19,21H,3,6-13,17H2,1-2H3,(H,28,29,30). The smallest absolute Gasteiger partial charge is 0.225 e. The number of amides is 1. The molecule has 3 aromatic rings. The Bertz CT molecular complexity index is 1180. The fourth-order valence-corrected chi connectivity index (χ4v) is 6.37. The summed E-state index contributed by atoms with van der Waals surface area (Å²) in [6.07, 6.45) is 7.50. The van der Waals surface area contributed by atoms with Gasteiger partial charge in [0.05, 0.1) is 11.0 Å². The number of likely N-dealkylation sites (tertiary alicyclic amines) is 2. The monoisotopic (exact) mass is 527 g/mol. The lowest BCUT2D eigenvalue weighted by molar-refractivity contribution is -0.138. The van der Waals surface area contributed by atoms with Gasteiger partial charge in [0.25, 0.3) is 0 Å². The summed E-state index contributed by atoms with van der Waals surface area (Å²) in [5.41, 5.74) is 3.20. The number of carbonyl (C=O) groups excluding carboxylic acids is 1. The Morgan fingerprint density at radius 3 is 2.50 bits per heavy atom. The van der Waals surface area contributed by atoms with Crippen LogP contribution in [0.15, 0.2) is 35.7 Å². The molecule has 10 heteroatoms. The van der Waals surface area contributed by atoms with Crippen molar-refractivity contribution in [3.05, 3.63) is 41.2 Å². The zero-order valence-electron chi connectivity index (χ0n) is 21.0. The molecule has 0 spiro atoms. The Morgan fingerprint density at radius 2 is 1.83 bits per heavy atom. The lowest BCUT2D eigenvalue weighted by Gasteiger charge is -2.38. The van der Waals surface area contributed by atoms with Crippen molar-refractivity contribution in [2.45, 2.75) is 50.4 Å². The lowest BCUT2D eigenvalue weighted by Crippen LogP contribution is -2.45. The van der Waals surface area contributed by atoms with Crippen molar-refractivity contribution in [2.75, 3.05) is 44.3 Å². The predicted molar refractivity (Wildman–Crippen MR) is 146 cm³/mol. The lowest BCUT2D eigenvalue weighted by atomic mass is 9.93. The summed E-state index contributed by atoms with van der Waals surface area (Å²) in [6, 6.07) is 6.32. The van der Waals surface area contributed by atoms with E-state index in [2.05, 4.69) is 42.6 Å². The highest BCUT2D eigenvalue weighted by atomic mass is 35.5. The van der Waals surface area contributed by atoms with Gasteiger partial charge in [-0.1, -0.05) is 30.3 Å². The molecule has 4 heterocycles. The van der Waals surface area contributed by atoms with E-state index in [9.17, 15) is 4.79 Å². The van der Waals surface area contributed by atoms with E-state index in [1.165, 1.54) is 0 Å². The summed E-state index contributed by atoms with van der Waals surface area (Å²) in [4.78, 5) is 31.3. The number of imidazole rings is 1. The van der Waals surface area contributed by atoms with Gasteiger partial charge in [0.15, 0.2) is 5.16 Å². The number of halogens is 1. The SMILES string of the molecule is CCSc1nc2cc(Cl)ccc2n1C1CCN(C(=O)C2CCN(Cc3cnc(NC)nc3)CC2)CC1. The highest BCUT2D eigenvalue weighted by Crippen LogP contribution is 2.34. The molecule has 2 aromatic heterocycles. The molecule has 192 valence electrons. The van der Waals surface area contributed by atoms with Gasteiger partial charge >= 0.3 is 0 Å². The quantitative estimate of drug-likeness (QED) is 0.446. The molecule has 0 radical (unpaired) electrons. The number of rotatable bonds is 7. The Balaban J connectivity index is 1.16. The van der Waals surface area contributed by atoms with Crippen LogP contribution in [0.2, 0.25) is 5.02 Å². The number of nitrogens with zero attached hydrogens (tertiary/aromatic N) is 6. The average molecular weight is 528 g/mol. The molecule has 0 aliphatic carbocycles. The maximum Gasteiger partial charge on any atom is 0.225 e. The molecule has 0 unspecified atom stereocenters. The molecule has 0 atom stereocenters. The van der Waals surface area contributed by atoms with Crippen molar-refractivity contribution in [1.82, 2.24) is 29.3 Å².